The number of anilines is 1. The van der Waals surface area contributed by atoms with Crippen LogP contribution in [0.1, 0.15) is 26.7 Å². The maximum atomic E-state index is 11.7. The fourth-order valence-electron chi connectivity index (χ4n) is 2.51. The molecule has 0 radical (unpaired) electrons. The van der Waals surface area contributed by atoms with Crippen molar-refractivity contribution in [3.05, 3.63) is 30.3 Å². The minimum atomic E-state index is -0.941. The number of ether oxygens (including phenoxy) is 1. The van der Waals surface area contributed by atoms with Crippen molar-refractivity contribution < 1.29 is 14.6 Å². The zero-order valence-electron chi connectivity index (χ0n) is 10.8. The van der Waals surface area contributed by atoms with Crippen LogP contribution in [-0.2, 0) is 9.53 Å². The van der Waals surface area contributed by atoms with E-state index in [0.29, 0.717) is 19.4 Å². The molecule has 0 amide bonds. The summed E-state index contributed by atoms with van der Waals surface area (Å²) in [6.07, 6.45) is 0.922. The van der Waals surface area contributed by atoms with Crippen molar-refractivity contribution in [1.29, 1.82) is 0 Å². The van der Waals surface area contributed by atoms with Crippen LogP contribution >= 0.6 is 0 Å². The minimum absolute atomic E-state index is 0.418. The number of carboxylic acids is 1. The molecule has 1 heterocycles. The highest BCUT2D eigenvalue weighted by molar-refractivity contribution is 5.83. The number of aliphatic carboxylic acids is 1. The maximum absolute atomic E-state index is 11.7. The number of carboxylic acid groups (broad SMARTS) is 1. The number of hydrogen-bond donors (Lipinski definition) is 2. The van der Waals surface area contributed by atoms with Crippen molar-refractivity contribution >= 4 is 11.7 Å². The molecule has 18 heavy (non-hydrogen) atoms. The minimum Gasteiger partial charge on any atom is -0.480 e. The second kappa shape index (κ2) is 4.61. The van der Waals surface area contributed by atoms with E-state index < -0.39 is 17.1 Å². The molecular formula is C14H19NO3. The summed E-state index contributed by atoms with van der Waals surface area (Å²) in [7, 11) is 0. The molecule has 1 aromatic rings. The average molecular weight is 249 g/mol. The molecule has 1 aliphatic rings. The highest BCUT2D eigenvalue weighted by Crippen LogP contribution is 2.34. The maximum Gasteiger partial charge on any atom is 0.329 e. The van der Waals surface area contributed by atoms with Gasteiger partial charge in [0, 0.05) is 18.5 Å². The van der Waals surface area contributed by atoms with Gasteiger partial charge in [0.15, 0.2) is 0 Å². The molecule has 4 nitrogen and oxygen atoms in total. The lowest BCUT2D eigenvalue weighted by atomic mass is 9.81. The topological polar surface area (TPSA) is 58.6 Å². The molecule has 1 aromatic carbocycles. The molecule has 0 aromatic heterocycles. The van der Waals surface area contributed by atoms with Crippen LogP contribution in [0.5, 0.6) is 0 Å². The molecule has 0 bridgehead atoms. The van der Waals surface area contributed by atoms with Crippen molar-refractivity contribution in [2.45, 2.75) is 37.8 Å². The van der Waals surface area contributed by atoms with E-state index in [4.69, 9.17) is 4.74 Å². The van der Waals surface area contributed by atoms with Gasteiger partial charge < -0.3 is 15.2 Å². The van der Waals surface area contributed by atoms with Gasteiger partial charge >= 0.3 is 5.97 Å². The average Bonchev–Trinajstić information content (AvgIpc) is 2.28. The van der Waals surface area contributed by atoms with Gasteiger partial charge in [-0.2, -0.15) is 0 Å². The Morgan fingerprint density at radius 3 is 2.56 bits per heavy atom. The molecule has 1 atom stereocenters. The third-order valence-corrected chi connectivity index (χ3v) is 3.32. The predicted molar refractivity (Wildman–Crippen MR) is 69.7 cm³/mol. The lowest BCUT2D eigenvalue weighted by Crippen LogP contribution is -2.55. The second-order valence-electron chi connectivity index (χ2n) is 5.41. The predicted octanol–water partition coefficient (Wildman–Crippen LogP) is 2.51. The van der Waals surface area contributed by atoms with Gasteiger partial charge in [-0.15, -0.1) is 0 Å². The summed E-state index contributed by atoms with van der Waals surface area (Å²) in [5.74, 6) is -0.817. The van der Waals surface area contributed by atoms with Crippen LogP contribution in [0.25, 0.3) is 0 Å². The summed E-state index contributed by atoms with van der Waals surface area (Å²) in [5, 5.41) is 12.7. The van der Waals surface area contributed by atoms with Crippen molar-refractivity contribution in [2.75, 3.05) is 11.9 Å². The summed E-state index contributed by atoms with van der Waals surface area (Å²) >= 11 is 0. The van der Waals surface area contributed by atoms with Crippen LogP contribution in [0, 0.1) is 0 Å². The van der Waals surface area contributed by atoms with Crippen molar-refractivity contribution in [3.63, 3.8) is 0 Å². The van der Waals surface area contributed by atoms with Crippen LogP contribution < -0.4 is 5.32 Å². The Morgan fingerprint density at radius 1 is 1.33 bits per heavy atom. The van der Waals surface area contributed by atoms with Crippen LogP contribution in [0.15, 0.2) is 30.3 Å². The smallest absolute Gasteiger partial charge is 0.329 e. The fraction of sp³-hybridized carbons (Fsp3) is 0.500. The summed E-state index contributed by atoms with van der Waals surface area (Å²) in [6, 6.07) is 9.46. The summed E-state index contributed by atoms with van der Waals surface area (Å²) in [5.41, 5.74) is -0.528. The molecule has 1 saturated heterocycles. The zero-order chi connectivity index (χ0) is 13.2. The number of hydrogen-bond acceptors (Lipinski definition) is 3. The van der Waals surface area contributed by atoms with Crippen LogP contribution in [0.4, 0.5) is 5.69 Å². The Kier molecular flexibility index (Phi) is 3.30. The van der Waals surface area contributed by atoms with E-state index in [2.05, 4.69) is 5.32 Å². The van der Waals surface area contributed by atoms with Crippen molar-refractivity contribution in [2.24, 2.45) is 0 Å². The third kappa shape index (κ3) is 2.64. The number of rotatable bonds is 3. The zero-order valence-corrected chi connectivity index (χ0v) is 10.8. The van der Waals surface area contributed by atoms with Gasteiger partial charge in [0.25, 0.3) is 0 Å². The Labute approximate surface area is 107 Å². The van der Waals surface area contributed by atoms with E-state index in [-0.39, 0.29) is 0 Å². The summed E-state index contributed by atoms with van der Waals surface area (Å²) < 4.78 is 5.61. The highest BCUT2D eigenvalue weighted by Gasteiger charge is 2.46. The van der Waals surface area contributed by atoms with Crippen LogP contribution in [-0.4, -0.2) is 28.8 Å². The van der Waals surface area contributed by atoms with Crippen LogP contribution in [0.3, 0.4) is 0 Å². The molecule has 98 valence electrons. The van der Waals surface area contributed by atoms with E-state index in [9.17, 15) is 9.90 Å². The Balaban J connectivity index is 2.25. The molecular weight excluding hydrogens is 230 g/mol. The summed E-state index contributed by atoms with van der Waals surface area (Å²) in [4.78, 5) is 11.7. The van der Waals surface area contributed by atoms with E-state index in [1.54, 1.807) is 0 Å². The first kappa shape index (κ1) is 12.9. The first-order chi connectivity index (χ1) is 8.44. The number of para-hydroxylation sites is 1. The highest BCUT2D eigenvalue weighted by atomic mass is 16.5. The van der Waals surface area contributed by atoms with Crippen molar-refractivity contribution in [1.82, 2.24) is 0 Å². The van der Waals surface area contributed by atoms with Gasteiger partial charge in [-0.25, -0.2) is 4.79 Å². The Bertz CT molecular complexity index is 430. The van der Waals surface area contributed by atoms with Gasteiger partial charge in [0.1, 0.15) is 5.54 Å². The second-order valence-corrected chi connectivity index (χ2v) is 5.41. The van der Waals surface area contributed by atoms with Gasteiger partial charge in [-0.3, -0.25) is 0 Å². The number of nitrogens with one attached hydrogen (secondary N) is 1. The lowest BCUT2D eigenvalue weighted by molar-refractivity contribution is -0.152. The normalized spacial score (nSPS) is 26.6. The summed E-state index contributed by atoms with van der Waals surface area (Å²) in [6.45, 7) is 4.31. The first-order valence-electron chi connectivity index (χ1n) is 6.14. The SMILES string of the molecule is CC1(C)CC(Nc2ccccc2)(C(=O)O)CCO1. The van der Waals surface area contributed by atoms with Gasteiger partial charge in [0.2, 0.25) is 0 Å². The molecule has 4 heteroatoms. The van der Waals surface area contributed by atoms with Gasteiger partial charge in [0.05, 0.1) is 12.2 Å². The van der Waals surface area contributed by atoms with Gasteiger partial charge in [-0.05, 0) is 26.0 Å². The van der Waals surface area contributed by atoms with Crippen LogP contribution in [0.2, 0.25) is 0 Å². The largest absolute Gasteiger partial charge is 0.480 e. The van der Waals surface area contributed by atoms with E-state index >= 15 is 0 Å². The number of benzene rings is 1. The lowest BCUT2D eigenvalue weighted by Gasteiger charge is -2.43. The number of carbonyl (C=O) groups is 1. The Hall–Kier alpha value is -1.55. The molecule has 0 aliphatic carbocycles. The molecule has 2 rings (SSSR count). The quantitative estimate of drug-likeness (QED) is 0.864. The molecule has 0 spiro atoms. The standard InChI is InChI=1S/C14H19NO3/c1-13(2)10-14(12(16)17,8-9-18-13)15-11-6-4-3-5-7-11/h3-7,15H,8-10H2,1-2H3,(H,16,17). The van der Waals surface area contributed by atoms with Gasteiger partial charge in [-0.1, -0.05) is 18.2 Å². The van der Waals surface area contributed by atoms with E-state index in [1.807, 2.05) is 44.2 Å². The molecule has 1 aliphatic heterocycles. The fourth-order valence-corrected chi connectivity index (χ4v) is 2.51. The Morgan fingerprint density at radius 2 is 2.00 bits per heavy atom. The molecule has 2 N–H and O–H groups in total. The van der Waals surface area contributed by atoms with E-state index in [0.717, 1.165) is 5.69 Å². The van der Waals surface area contributed by atoms with E-state index in [1.165, 1.54) is 0 Å². The molecule has 1 fully saturated rings. The monoisotopic (exact) mass is 249 g/mol. The van der Waals surface area contributed by atoms with Crippen molar-refractivity contribution in [3.8, 4) is 0 Å². The molecule has 0 saturated carbocycles. The molecule has 1 unspecified atom stereocenters. The first-order valence-corrected chi connectivity index (χ1v) is 6.14. The third-order valence-electron chi connectivity index (χ3n) is 3.32.